The van der Waals surface area contributed by atoms with Crippen molar-refractivity contribution in [1.82, 2.24) is 4.98 Å². The molecule has 1 saturated heterocycles. The number of piperidine rings is 1. The first-order valence-corrected chi connectivity index (χ1v) is 5.59. The molecule has 0 unspecified atom stereocenters. The zero-order valence-electron chi connectivity index (χ0n) is 7.86. The van der Waals surface area contributed by atoms with Crippen LogP contribution in [0.2, 0.25) is 0 Å². The Labute approximate surface area is 91.9 Å². The van der Waals surface area contributed by atoms with Crippen LogP contribution in [0.1, 0.15) is 12.8 Å². The quantitative estimate of drug-likeness (QED) is 0.833. The Kier molecular flexibility index (Phi) is 3.03. The maximum Gasteiger partial charge on any atom is 0.0715 e. The molecule has 0 saturated carbocycles. The van der Waals surface area contributed by atoms with Crippen molar-refractivity contribution < 1.29 is 5.11 Å². The number of aliphatic hydroxyl groups excluding tert-OH is 1. The van der Waals surface area contributed by atoms with Crippen molar-refractivity contribution >= 4 is 21.6 Å². The molecule has 1 atom stereocenters. The summed E-state index contributed by atoms with van der Waals surface area (Å²) in [7, 11) is 0. The summed E-state index contributed by atoms with van der Waals surface area (Å²) in [6.07, 6.45) is 5.34. The molecule has 14 heavy (non-hydrogen) atoms. The highest BCUT2D eigenvalue weighted by Gasteiger charge is 2.19. The van der Waals surface area contributed by atoms with Gasteiger partial charge in [0.2, 0.25) is 0 Å². The van der Waals surface area contributed by atoms with Crippen LogP contribution in [-0.4, -0.2) is 29.3 Å². The van der Waals surface area contributed by atoms with E-state index in [9.17, 15) is 5.11 Å². The van der Waals surface area contributed by atoms with Crippen molar-refractivity contribution in [1.29, 1.82) is 0 Å². The molecule has 1 aliphatic rings. The summed E-state index contributed by atoms with van der Waals surface area (Å²) in [5.41, 5.74) is 1.12. The number of β-amino-alcohol motifs (C(OH)–C–C–N with tert-alkyl or cyclic N) is 1. The fourth-order valence-electron chi connectivity index (χ4n) is 1.80. The fraction of sp³-hybridized carbons (Fsp3) is 0.500. The maximum atomic E-state index is 9.56. The Morgan fingerprint density at radius 1 is 1.57 bits per heavy atom. The van der Waals surface area contributed by atoms with Gasteiger partial charge in [-0.2, -0.15) is 0 Å². The van der Waals surface area contributed by atoms with Gasteiger partial charge in [-0.25, -0.2) is 0 Å². The van der Waals surface area contributed by atoms with E-state index in [-0.39, 0.29) is 6.10 Å². The predicted molar refractivity (Wildman–Crippen MR) is 59.4 cm³/mol. The molecule has 2 heterocycles. The van der Waals surface area contributed by atoms with Gasteiger partial charge in [0.25, 0.3) is 0 Å². The molecule has 1 fully saturated rings. The molecule has 4 heteroatoms. The largest absolute Gasteiger partial charge is 0.391 e. The normalized spacial score (nSPS) is 22.4. The second-order valence-electron chi connectivity index (χ2n) is 3.57. The fourth-order valence-corrected chi connectivity index (χ4v) is 2.30. The summed E-state index contributed by atoms with van der Waals surface area (Å²) in [6, 6.07) is 1.97. The topological polar surface area (TPSA) is 36.4 Å². The average molecular weight is 257 g/mol. The molecule has 0 amide bonds. The molecule has 1 aromatic rings. The number of aliphatic hydroxyl groups is 1. The van der Waals surface area contributed by atoms with E-state index in [0.717, 1.165) is 36.1 Å². The van der Waals surface area contributed by atoms with Gasteiger partial charge in [-0.3, -0.25) is 4.98 Å². The smallest absolute Gasteiger partial charge is 0.0715 e. The van der Waals surface area contributed by atoms with E-state index in [0.29, 0.717) is 0 Å². The van der Waals surface area contributed by atoms with Crippen molar-refractivity contribution in [3.05, 3.63) is 22.9 Å². The lowest BCUT2D eigenvalue weighted by Gasteiger charge is -2.32. The SMILES string of the molecule is O[C@H]1CCCN(c2ccncc2Br)C1. The van der Waals surface area contributed by atoms with E-state index in [2.05, 4.69) is 25.8 Å². The zero-order chi connectivity index (χ0) is 9.97. The number of rotatable bonds is 1. The van der Waals surface area contributed by atoms with Crippen molar-refractivity contribution in [3.8, 4) is 0 Å². The Balaban J connectivity index is 2.18. The number of hydrogen-bond donors (Lipinski definition) is 1. The lowest BCUT2D eigenvalue weighted by Crippen LogP contribution is -2.38. The Morgan fingerprint density at radius 2 is 2.43 bits per heavy atom. The van der Waals surface area contributed by atoms with E-state index < -0.39 is 0 Å². The Bertz CT molecular complexity index is 319. The third-order valence-electron chi connectivity index (χ3n) is 2.49. The van der Waals surface area contributed by atoms with Crippen LogP contribution in [0.5, 0.6) is 0 Å². The van der Waals surface area contributed by atoms with Crippen molar-refractivity contribution in [2.24, 2.45) is 0 Å². The molecule has 2 rings (SSSR count). The van der Waals surface area contributed by atoms with E-state index in [1.54, 1.807) is 12.4 Å². The number of halogens is 1. The van der Waals surface area contributed by atoms with Gasteiger partial charge < -0.3 is 10.0 Å². The van der Waals surface area contributed by atoms with Gasteiger partial charge in [0, 0.05) is 25.5 Å². The van der Waals surface area contributed by atoms with Crippen LogP contribution in [0.4, 0.5) is 5.69 Å². The second kappa shape index (κ2) is 4.28. The van der Waals surface area contributed by atoms with Crippen LogP contribution < -0.4 is 4.90 Å². The van der Waals surface area contributed by atoms with Gasteiger partial charge in [0.05, 0.1) is 16.3 Å². The molecule has 0 spiro atoms. The van der Waals surface area contributed by atoms with Crippen LogP contribution in [0.3, 0.4) is 0 Å². The summed E-state index contributed by atoms with van der Waals surface area (Å²) >= 11 is 3.47. The zero-order valence-corrected chi connectivity index (χ0v) is 9.44. The first-order chi connectivity index (χ1) is 6.77. The van der Waals surface area contributed by atoms with Crippen molar-refractivity contribution in [2.45, 2.75) is 18.9 Å². The van der Waals surface area contributed by atoms with Gasteiger partial charge in [0.15, 0.2) is 0 Å². The van der Waals surface area contributed by atoms with Gasteiger partial charge in [0.1, 0.15) is 0 Å². The molecule has 1 aliphatic heterocycles. The lowest BCUT2D eigenvalue weighted by molar-refractivity contribution is 0.154. The monoisotopic (exact) mass is 256 g/mol. The molecule has 1 aromatic heterocycles. The van der Waals surface area contributed by atoms with Crippen LogP contribution in [-0.2, 0) is 0 Å². The van der Waals surface area contributed by atoms with Gasteiger partial charge in [-0.05, 0) is 34.8 Å². The van der Waals surface area contributed by atoms with E-state index >= 15 is 0 Å². The molecule has 0 aromatic carbocycles. The van der Waals surface area contributed by atoms with E-state index in [1.165, 1.54) is 0 Å². The number of pyridine rings is 1. The summed E-state index contributed by atoms with van der Waals surface area (Å²) in [5, 5.41) is 9.56. The summed E-state index contributed by atoms with van der Waals surface area (Å²) in [5.74, 6) is 0. The first-order valence-electron chi connectivity index (χ1n) is 4.80. The van der Waals surface area contributed by atoms with Crippen molar-refractivity contribution in [3.63, 3.8) is 0 Å². The summed E-state index contributed by atoms with van der Waals surface area (Å²) < 4.78 is 0.995. The molecule has 1 N–H and O–H groups in total. The minimum absolute atomic E-state index is 0.191. The molecule has 0 aliphatic carbocycles. The molecule has 76 valence electrons. The molecular weight excluding hydrogens is 244 g/mol. The second-order valence-corrected chi connectivity index (χ2v) is 4.42. The Morgan fingerprint density at radius 3 is 3.14 bits per heavy atom. The predicted octanol–water partition coefficient (Wildman–Crippen LogP) is 1.81. The number of nitrogens with zero attached hydrogens (tertiary/aromatic N) is 2. The number of hydrogen-bond acceptors (Lipinski definition) is 3. The first kappa shape index (κ1) is 9.93. The molecular formula is C10H13BrN2O. The highest BCUT2D eigenvalue weighted by molar-refractivity contribution is 9.10. The lowest BCUT2D eigenvalue weighted by atomic mass is 10.1. The average Bonchev–Trinajstić information content (AvgIpc) is 2.18. The molecule has 3 nitrogen and oxygen atoms in total. The molecule has 0 bridgehead atoms. The van der Waals surface area contributed by atoms with Crippen molar-refractivity contribution in [2.75, 3.05) is 18.0 Å². The van der Waals surface area contributed by atoms with Gasteiger partial charge in [-0.1, -0.05) is 0 Å². The number of anilines is 1. The standard InChI is InChI=1S/C10H13BrN2O/c11-9-6-12-4-3-10(9)13-5-1-2-8(14)7-13/h3-4,6,8,14H,1-2,5,7H2/t8-/m0/s1. The maximum absolute atomic E-state index is 9.56. The highest BCUT2D eigenvalue weighted by atomic mass is 79.9. The Hall–Kier alpha value is -0.610. The summed E-state index contributed by atoms with van der Waals surface area (Å²) in [6.45, 7) is 1.74. The number of aromatic nitrogens is 1. The molecule has 0 radical (unpaired) electrons. The van der Waals surface area contributed by atoms with Crippen LogP contribution in [0.25, 0.3) is 0 Å². The van der Waals surface area contributed by atoms with E-state index in [1.807, 2.05) is 6.07 Å². The highest BCUT2D eigenvalue weighted by Crippen LogP contribution is 2.27. The third kappa shape index (κ3) is 2.07. The minimum atomic E-state index is -0.191. The third-order valence-corrected chi connectivity index (χ3v) is 3.10. The van der Waals surface area contributed by atoms with Crippen LogP contribution in [0.15, 0.2) is 22.9 Å². The van der Waals surface area contributed by atoms with Gasteiger partial charge >= 0.3 is 0 Å². The van der Waals surface area contributed by atoms with E-state index in [4.69, 9.17) is 0 Å². The summed E-state index contributed by atoms with van der Waals surface area (Å²) in [4.78, 5) is 6.22. The van der Waals surface area contributed by atoms with Gasteiger partial charge in [-0.15, -0.1) is 0 Å². The van der Waals surface area contributed by atoms with Crippen LogP contribution >= 0.6 is 15.9 Å². The van der Waals surface area contributed by atoms with Crippen LogP contribution in [0, 0.1) is 0 Å². The minimum Gasteiger partial charge on any atom is -0.391 e.